The number of nitrogens with zero attached hydrogens (tertiary/aromatic N) is 4. The summed E-state index contributed by atoms with van der Waals surface area (Å²) in [5, 5.41) is 12.5. The highest BCUT2D eigenvalue weighted by molar-refractivity contribution is 8.00. The Morgan fingerprint density at radius 3 is 2.84 bits per heavy atom. The molecule has 2 fully saturated rings. The number of rotatable bonds is 8. The topological polar surface area (TPSA) is 90.7 Å². The predicted molar refractivity (Wildman–Crippen MR) is 124 cm³/mol. The average Bonchev–Trinajstić information content (AvgIpc) is 3.45. The molecular weight excluding hydrogens is 454 g/mol. The normalized spacial score (nSPS) is 19.7. The van der Waals surface area contributed by atoms with Gasteiger partial charge in [0.25, 0.3) is 0 Å². The molecule has 2 aliphatic rings. The van der Waals surface area contributed by atoms with Gasteiger partial charge in [-0.1, -0.05) is 23.4 Å². The van der Waals surface area contributed by atoms with Gasteiger partial charge in [-0.25, -0.2) is 0 Å². The molecule has 4 rings (SSSR count). The van der Waals surface area contributed by atoms with Gasteiger partial charge in [0, 0.05) is 25.4 Å². The monoisotopic (exact) mass is 481 g/mol. The molecular formula is C21H28ClN5O4S. The number of aromatic nitrogens is 3. The van der Waals surface area contributed by atoms with Gasteiger partial charge in [0.2, 0.25) is 11.9 Å². The van der Waals surface area contributed by atoms with Crippen LogP contribution < -0.4 is 15.0 Å². The van der Waals surface area contributed by atoms with Crippen molar-refractivity contribution in [3.05, 3.63) is 23.2 Å². The van der Waals surface area contributed by atoms with Crippen molar-refractivity contribution < 1.29 is 19.0 Å². The molecule has 11 heteroatoms. The molecule has 32 heavy (non-hydrogen) atoms. The molecule has 1 N–H and O–H groups in total. The fraction of sp³-hybridized carbons (Fsp3) is 0.571. The van der Waals surface area contributed by atoms with Crippen LogP contribution in [-0.2, 0) is 20.8 Å². The number of morpholine rings is 1. The largest absolute Gasteiger partial charge is 0.495 e. The number of nitrogens with one attached hydrogen (secondary N) is 1. The minimum atomic E-state index is -0.388. The molecule has 0 saturated carbocycles. The molecule has 2 unspecified atom stereocenters. The molecule has 1 amide bonds. The summed E-state index contributed by atoms with van der Waals surface area (Å²) in [6, 6.07) is 5.16. The number of halogens is 1. The van der Waals surface area contributed by atoms with E-state index in [1.807, 2.05) is 6.92 Å². The predicted octanol–water partition coefficient (Wildman–Crippen LogP) is 3.08. The van der Waals surface area contributed by atoms with Crippen molar-refractivity contribution in [2.24, 2.45) is 0 Å². The van der Waals surface area contributed by atoms with Gasteiger partial charge in [-0.2, -0.15) is 0 Å². The molecule has 0 aliphatic carbocycles. The van der Waals surface area contributed by atoms with E-state index in [4.69, 9.17) is 25.8 Å². The number of ether oxygens (including phenoxy) is 3. The maximum atomic E-state index is 12.8. The minimum absolute atomic E-state index is 0.135. The summed E-state index contributed by atoms with van der Waals surface area (Å²) in [7, 11) is 1.55. The first-order valence-corrected chi connectivity index (χ1v) is 12.0. The van der Waals surface area contributed by atoms with E-state index < -0.39 is 0 Å². The first-order valence-electron chi connectivity index (χ1n) is 10.7. The van der Waals surface area contributed by atoms with E-state index in [-0.39, 0.29) is 17.3 Å². The van der Waals surface area contributed by atoms with Crippen LogP contribution in [0.1, 0.15) is 19.8 Å². The summed E-state index contributed by atoms with van der Waals surface area (Å²) in [5.41, 5.74) is 0.614. The van der Waals surface area contributed by atoms with Crippen LogP contribution in [0.15, 0.2) is 23.4 Å². The van der Waals surface area contributed by atoms with Crippen LogP contribution in [0.3, 0.4) is 0 Å². The first-order chi connectivity index (χ1) is 15.5. The van der Waals surface area contributed by atoms with Crippen LogP contribution in [0.5, 0.6) is 5.75 Å². The van der Waals surface area contributed by atoms with E-state index in [2.05, 4.69) is 25.0 Å². The van der Waals surface area contributed by atoms with Gasteiger partial charge in [0.05, 0.1) is 43.2 Å². The van der Waals surface area contributed by atoms with Gasteiger partial charge in [0.15, 0.2) is 5.16 Å². The smallest absolute Gasteiger partial charge is 0.237 e. The van der Waals surface area contributed by atoms with Gasteiger partial charge < -0.3 is 24.4 Å². The fourth-order valence-corrected chi connectivity index (χ4v) is 4.83. The second kappa shape index (κ2) is 10.7. The van der Waals surface area contributed by atoms with Gasteiger partial charge >= 0.3 is 0 Å². The van der Waals surface area contributed by atoms with Crippen LogP contribution >= 0.6 is 23.4 Å². The van der Waals surface area contributed by atoms with E-state index in [1.54, 1.807) is 25.3 Å². The van der Waals surface area contributed by atoms with Gasteiger partial charge in [-0.3, -0.25) is 9.36 Å². The van der Waals surface area contributed by atoms with Crippen LogP contribution in [-0.4, -0.2) is 72.0 Å². The Hall–Kier alpha value is -2.01. The lowest BCUT2D eigenvalue weighted by Gasteiger charge is -2.28. The zero-order valence-corrected chi connectivity index (χ0v) is 19.8. The summed E-state index contributed by atoms with van der Waals surface area (Å²) in [6.45, 7) is 6.17. The molecule has 3 heterocycles. The minimum Gasteiger partial charge on any atom is -0.495 e. The molecule has 1 aromatic heterocycles. The SMILES string of the molecule is COc1ccc(NC(=O)C(C)Sc2nnc(N3CCOCC3)n2CC2CCCO2)cc1Cl. The number of carbonyl (C=O) groups excluding carboxylic acids is 1. The third-order valence-corrected chi connectivity index (χ3v) is 6.85. The van der Waals surface area contributed by atoms with Gasteiger partial charge in [-0.05, 0) is 38.0 Å². The van der Waals surface area contributed by atoms with Crippen molar-refractivity contribution in [3.63, 3.8) is 0 Å². The lowest BCUT2D eigenvalue weighted by Crippen LogP contribution is -2.38. The van der Waals surface area contributed by atoms with E-state index in [0.29, 0.717) is 41.4 Å². The molecule has 1 aromatic carbocycles. The number of hydrogen-bond acceptors (Lipinski definition) is 8. The van der Waals surface area contributed by atoms with Gasteiger partial charge in [0.1, 0.15) is 5.75 Å². The summed E-state index contributed by atoms with van der Waals surface area (Å²) in [5.74, 6) is 1.22. The highest BCUT2D eigenvalue weighted by Gasteiger charge is 2.27. The lowest BCUT2D eigenvalue weighted by atomic mass is 10.2. The number of anilines is 2. The summed E-state index contributed by atoms with van der Waals surface area (Å²) in [6.07, 6.45) is 2.21. The molecule has 9 nitrogen and oxygen atoms in total. The second-order valence-electron chi connectivity index (χ2n) is 7.73. The first kappa shape index (κ1) is 23.2. The van der Waals surface area contributed by atoms with E-state index in [0.717, 1.165) is 38.5 Å². The maximum Gasteiger partial charge on any atom is 0.237 e. The number of hydrogen-bond donors (Lipinski definition) is 1. The Kier molecular flexibility index (Phi) is 7.77. The number of carbonyl (C=O) groups is 1. The zero-order chi connectivity index (χ0) is 22.5. The van der Waals surface area contributed by atoms with Crippen molar-refractivity contribution >= 4 is 40.9 Å². The van der Waals surface area contributed by atoms with E-state index in [9.17, 15) is 4.79 Å². The highest BCUT2D eigenvalue weighted by Crippen LogP contribution is 2.30. The molecule has 174 valence electrons. The van der Waals surface area contributed by atoms with Crippen LogP contribution in [0.25, 0.3) is 0 Å². The van der Waals surface area contributed by atoms with Crippen LogP contribution in [0.4, 0.5) is 11.6 Å². The Morgan fingerprint density at radius 2 is 2.16 bits per heavy atom. The molecule has 2 saturated heterocycles. The Balaban J connectivity index is 1.47. The molecule has 2 atom stereocenters. The third kappa shape index (κ3) is 5.48. The molecule has 2 aliphatic heterocycles. The quantitative estimate of drug-likeness (QED) is 0.575. The summed E-state index contributed by atoms with van der Waals surface area (Å²) >= 11 is 7.56. The Bertz CT molecular complexity index is 931. The highest BCUT2D eigenvalue weighted by atomic mass is 35.5. The van der Waals surface area contributed by atoms with E-state index >= 15 is 0 Å². The molecule has 2 aromatic rings. The third-order valence-electron chi connectivity index (χ3n) is 5.47. The lowest BCUT2D eigenvalue weighted by molar-refractivity contribution is -0.115. The summed E-state index contributed by atoms with van der Waals surface area (Å²) in [4.78, 5) is 15.0. The Morgan fingerprint density at radius 1 is 1.34 bits per heavy atom. The molecule has 0 bridgehead atoms. The average molecular weight is 482 g/mol. The molecule has 0 radical (unpaired) electrons. The summed E-state index contributed by atoms with van der Waals surface area (Å²) < 4.78 is 18.6. The number of amides is 1. The number of benzene rings is 1. The second-order valence-corrected chi connectivity index (χ2v) is 9.44. The number of methoxy groups -OCH3 is 1. The zero-order valence-electron chi connectivity index (χ0n) is 18.3. The van der Waals surface area contributed by atoms with Crippen LogP contribution in [0, 0.1) is 0 Å². The van der Waals surface area contributed by atoms with E-state index in [1.165, 1.54) is 11.8 Å². The van der Waals surface area contributed by atoms with Crippen molar-refractivity contribution in [2.45, 2.75) is 42.8 Å². The maximum absolute atomic E-state index is 12.8. The molecule has 0 spiro atoms. The standard InChI is InChI=1S/C21H28ClN5O4S/c1-14(19(28)23-15-5-6-18(29-2)17(22)12-15)32-21-25-24-20(26-7-10-30-11-8-26)27(21)13-16-4-3-9-31-16/h5-6,12,14,16H,3-4,7-11,13H2,1-2H3,(H,23,28). The fourth-order valence-electron chi connectivity index (χ4n) is 3.72. The Labute approximate surface area is 196 Å². The number of thioether (sulfide) groups is 1. The van der Waals surface area contributed by atoms with Crippen molar-refractivity contribution in [1.82, 2.24) is 14.8 Å². The van der Waals surface area contributed by atoms with Crippen LogP contribution in [0.2, 0.25) is 5.02 Å². The van der Waals surface area contributed by atoms with Crippen molar-refractivity contribution in [2.75, 3.05) is 50.2 Å². The van der Waals surface area contributed by atoms with Gasteiger partial charge in [-0.15, -0.1) is 10.2 Å². The van der Waals surface area contributed by atoms with Crippen molar-refractivity contribution in [3.8, 4) is 5.75 Å². The van der Waals surface area contributed by atoms with Crippen molar-refractivity contribution in [1.29, 1.82) is 0 Å².